The molecule has 0 saturated carbocycles. The third-order valence-corrected chi connectivity index (χ3v) is 5.74. The van der Waals surface area contributed by atoms with Crippen LogP contribution in [0.3, 0.4) is 0 Å². The van der Waals surface area contributed by atoms with Gasteiger partial charge >= 0.3 is 0 Å². The van der Waals surface area contributed by atoms with E-state index in [4.69, 9.17) is 5.73 Å². The van der Waals surface area contributed by atoms with Crippen molar-refractivity contribution in [2.24, 2.45) is 11.0 Å². The third kappa shape index (κ3) is 4.15. The molecule has 7 heteroatoms. The van der Waals surface area contributed by atoms with Gasteiger partial charge in [-0.15, -0.1) is 0 Å². The Balaban J connectivity index is 1.38. The van der Waals surface area contributed by atoms with Crippen LogP contribution in [0.25, 0.3) is 0 Å². The van der Waals surface area contributed by atoms with Gasteiger partial charge in [0.25, 0.3) is 5.91 Å². The summed E-state index contributed by atoms with van der Waals surface area (Å²) >= 11 is 0. The number of anilines is 1. The van der Waals surface area contributed by atoms with E-state index in [0.717, 1.165) is 16.8 Å². The van der Waals surface area contributed by atoms with Crippen LogP contribution < -0.4 is 16.4 Å². The van der Waals surface area contributed by atoms with Crippen LogP contribution in [0.15, 0.2) is 58.9 Å². The van der Waals surface area contributed by atoms with Gasteiger partial charge in [0.1, 0.15) is 5.82 Å². The maximum absolute atomic E-state index is 12.7. The number of carbonyl (C=O) groups is 1. The van der Waals surface area contributed by atoms with Gasteiger partial charge in [0.2, 0.25) is 0 Å². The van der Waals surface area contributed by atoms with Crippen LogP contribution in [0.4, 0.5) is 5.82 Å². The second-order valence-corrected chi connectivity index (χ2v) is 8.06. The molecule has 7 nitrogen and oxygen atoms in total. The van der Waals surface area contributed by atoms with Crippen molar-refractivity contribution in [1.82, 2.24) is 20.6 Å². The second kappa shape index (κ2) is 8.18. The summed E-state index contributed by atoms with van der Waals surface area (Å²) in [6, 6.07) is 2.08. The summed E-state index contributed by atoms with van der Waals surface area (Å²) in [5, 5.41) is 13.0. The van der Waals surface area contributed by atoms with Gasteiger partial charge in [0.15, 0.2) is 0 Å². The molecule has 0 aromatic carbocycles. The largest absolute Gasteiger partial charge is 0.384 e. The monoisotopic (exact) mass is 404 g/mol. The summed E-state index contributed by atoms with van der Waals surface area (Å²) in [7, 11) is 0. The maximum atomic E-state index is 12.7. The van der Waals surface area contributed by atoms with Gasteiger partial charge < -0.3 is 16.4 Å². The van der Waals surface area contributed by atoms with Crippen LogP contribution in [0, 0.1) is 19.8 Å². The van der Waals surface area contributed by atoms with E-state index in [1.807, 2.05) is 38.4 Å². The third-order valence-electron chi connectivity index (χ3n) is 5.74. The van der Waals surface area contributed by atoms with Crippen LogP contribution in [0.1, 0.15) is 23.7 Å². The van der Waals surface area contributed by atoms with Crippen molar-refractivity contribution in [2.75, 3.05) is 12.3 Å². The van der Waals surface area contributed by atoms with Crippen molar-refractivity contribution < 1.29 is 4.79 Å². The number of nitrogen functional groups attached to an aromatic ring is 1. The number of pyridine rings is 1. The predicted molar refractivity (Wildman–Crippen MR) is 119 cm³/mol. The molecule has 4 N–H and O–H groups in total. The molecule has 3 atom stereocenters. The molecule has 3 unspecified atom stereocenters. The first kappa shape index (κ1) is 19.9. The van der Waals surface area contributed by atoms with E-state index in [0.29, 0.717) is 30.4 Å². The number of allylic oxidation sites excluding steroid dienone is 2. The molecule has 4 rings (SSSR count). The van der Waals surface area contributed by atoms with Crippen LogP contribution in [-0.2, 0) is 11.3 Å². The number of amides is 1. The van der Waals surface area contributed by atoms with Crippen LogP contribution in [0.5, 0.6) is 0 Å². The molecule has 0 fully saturated rings. The van der Waals surface area contributed by atoms with E-state index in [1.54, 1.807) is 6.08 Å². The summed E-state index contributed by atoms with van der Waals surface area (Å²) in [5.74, 6) is 0.713. The van der Waals surface area contributed by atoms with Gasteiger partial charge in [-0.1, -0.05) is 23.8 Å². The fraction of sp³-hybridized carbons (Fsp3) is 0.348. The molecular formula is C23H28N6O. The molecular weight excluding hydrogens is 376 g/mol. The number of aryl methyl sites for hydroxylation is 2. The van der Waals surface area contributed by atoms with Gasteiger partial charge in [0, 0.05) is 29.9 Å². The second-order valence-electron chi connectivity index (χ2n) is 8.06. The SMILES string of the molecule is CC1=CC2C=NN(CC3C=C(C(=O)NCc4c(C)cc(N)nc4C)C=CN3)C2C=C1. The Kier molecular flexibility index (Phi) is 5.44. The lowest BCUT2D eigenvalue weighted by atomic mass is 9.93. The van der Waals surface area contributed by atoms with Crippen LogP contribution >= 0.6 is 0 Å². The van der Waals surface area contributed by atoms with Crippen molar-refractivity contribution in [2.45, 2.75) is 39.4 Å². The highest BCUT2D eigenvalue weighted by Crippen LogP contribution is 2.26. The summed E-state index contributed by atoms with van der Waals surface area (Å²) in [6.07, 6.45) is 14.2. The number of fused-ring (bicyclic) bond motifs is 1. The van der Waals surface area contributed by atoms with E-state index in [1.165, 1.54) is 5.57 Å². The number of hydrogen-bond acceptors (Lipinski definition) is 6. The summed E-state index contributed by atoms with van der Waals surface area (Å²) in [5.41, 5.74) is 10.6. The molecule has 1 aliphatic carbocycles. The lowest BCUT2D eigenvalue weighted by Gasteiger charge is -2.30. The zero-order valence-electron chi connectivity index (χ0n) is 17.6. The first-order valence-corrected chi connectivity index (χ1v) is 10.2. The molecule has 1 amide bonds. The number of nitrogens with two attached hydrogens (primary N) is 1. The molecule has 3 heterocycles. The van der Waals surface area contributed by atoms with E-state index < -0.39 is 0 Å². The molecule has 1 aromatic heterocycles. The number of nitrogens with zero attached hydrogens (tertiary/aromatic N) is 3. The Labute approximate surface area is 177 Å². The number of nitrogens with one attached hydrogen (secondary N) is 2. The van der Waals surface area contributed by atoms with Gasteiger partial charge in [0.05, 0.1) is 18.6 Å². The van der Waals surface area contributed by atoms with Crippen molar-refractivity contribution in [3.8, 4) is 0 Å². The van der Waals surface area contributed by atoms with Gasteiger partial charge in [-0.3, -0.25) is 9.80 Å². The summed E-state index contributed by atoms with van der Waals surface area (Å²) < 4.78 is 0. The van der Waals surface area contributed by atoms with Gasteiger partial charge in [-0.2, -0.15) is 5.10 Å². The number of hydrogen-bond donors (Lipinski definition) is 3. The Morgan fingerprint density at radius 2 is 2.10 bits per heavy atom. The van der Waals surface area contributed by atoms with E-state index in [2.05, 4.69) is 50.9 Å². The Morgan fingerprint density at radius 3 is 2.90 bits per heavy atom. The molecule has 2 aliphatic heterocycles. The van der Waals surface area contributed by atoms with Crippen molar-refractivity contribution in [1.29, 1.82) is 0 Å². The van der Waals surface area contributed by atoms with Crippen molar-refractivity contribution in [3.05, 3.63) is 70.6 Å². The molecule has 0 spiro atoms. The van der Waals surface area contributed by atoms with E-state index in [9.17, 15) is 4.79 Å². The standard InChI is InChI=1S/C23H28N6O/c1-14-4-5-21-18(8-14)11-27-29(21)13-19-10-17(6-7-25-19)23(30)26-12-20-15(2)9-22(24)28-16(20)3/h4-11,18-19,21,25H,12-13H2,1-3H3,(H2,24,28)(H,26,30). The molecule has 30 heavy (non-hydrogen) atoms. The average Bonchev–Trinajstić information content (AvgIpc) is 3.09. The molecule has 156 valence electrons. The lowest BCUT2D eigenvalue weighted by molar-refractivity contribution is -0.117. The Bertz CT molecular complexity index is 980. The van der Waals surface area contributed by atoms with E-state index in [-0.39, 0.29) is 18.0 Å². The smallest absolute Gasteiger partial charge is 0.251 e. The first-order chi connectivity index (χ1) is 14.4. The quantitative estimate of drug-likeness (QED) is 0.699. The minimum absolute atomic E-state index is 0.00807. The number of hydrazone groups is 1. The zero-order chi connectivity index (χ0) is 21.3. The minimum Gasteiger partial charge on any atom is -0.384 e. The molecule has 3 aliphatic rings. The molecule has 1 aromatic rings. The number of dihydropyridines is 1. The maximum Gasteiger partial charge on any atom is 0.251 e. The number of rotatable bonds is 5. The average molecular weight is 405 g/mol. The number of aromatic nitrogens is 1. The first-order valence-electron chi connectivity index (χ1n) is 10.2. The summed E-state index contributed by atoms with van der Waals surface area (Å²) in [4.78, 5) is 17.0. The Hall–Kier alpha value is -3.35. The van der Waals surface area contributed by atoms with Gasteiger partial charge in [-0.05, 0) is 56.3 Å². The number of carbonyl (C=O) groups excluding carboxylic acids is 1. The highest BCUT2D eigenvalue weighted by Gasteiger charge is 2.30. The predicted octanol–water partition coefficient (Wildman–Crippen LogP) is 2.11. The molecule has 0 saturated heterocycles. The van der Waals surface area contributed by atoms with Crippen LogP contribution in [0.2, 0.25) is 0 Å². The molecule has 0 bridgehead atoms. The van der Waals surface area contributed by atoms with Crippen molar-refractivity contribution >= 4 is 17.9 Å². The fourth-order valence-electron chi connectivity index (χ4n) is 4.14. The van der Waals surface area contributed by atoms with Gasteiger partial charge in [-0.25, -0.2) is 4.98 Å². The van der Waals surface area contributed by atoms with Crippen molar-refractivity contribution in [3.63, 3.8) is 0 Å². The zero-order valence-corrected chi connectivity index (χ0v) is 17.6. The lowest BCUT2D eigenvalue weighted by Crippen LogP contribution is -2.41. The highest BCUT2D eigenvalue weighted by atomic mass is 16.1. The van der Waals surface area contributed by atoms with E-state index >= 15 is 0 Å². The summed E-state index contributed by atoms with van der Waals surface area (Å²) in [6.45, 7) is 7.10. The highest BCUT2D eigenvalue weighted by molar-refractivity contribution is 5.96. The minimum atomic E-state index is -0.104. The molecule has 0 radical (unpaired) electrons. The normalized spacial score (nSPS) is 24.2. The van der Waals surface area contributed by atoms with Crippen LogP contribution in [-0.4, -0.2) is 40.7 Å². The Morgan fingerprint density at radius 1 is 1.27 bits per heavy atom. The fourth-order valence-corrected chi connectivity index (χ4v) is 4.14. The topological polar surface area (TPSA) is 95.6 Å².